The summed E-state index contributed by atoms with van der Waals surface area (Å²) >= 11 is 0.973. The summed E-state index contributed by atoms with van der Waals surface area (Å²) in [6.45, 7) is 2.68. The molecule has 0 aliphatic heterocycles. The first-order chi connectivity index (χ1) is 12.4. The Morgan fingerprint density at radius 3 is 2.54 bits per heavy atom. The van der Waals surface area contributed by atoms with E-state index in [9.17, 15) is 19.7 Å². The lowest BCUT2D eigenvalue weighted by Gasteiger charge is -2.08. The van der Waals surface area contributed by atoms with Gasteiger partial charge >= 0.3 is 0 Å². The van der Waals surface area contributed by atoms with Crippen LogP contribution < -0.4 is 0 Å². The van der Waals surface area contributed by atoms with Crippen molar-refractivity contribution < 1.29 is 14.5 Å². The second kappa shape index (κ2) is 7.00. The SMILES string of the molecule is CC(=O)C(Sc1nnc2ccc(-c3cccc([N+](=O)[O-])c3)nn12)C(C)=O. The Morgan fingerprint density at radius 2 is 1.88 bits per heavy atom. The van der Waals surface area contributed by atoms with E-state index in [2.05, 4.69) is 15.3 Å². The number of benzene rings is 1. The van der Waals surface area contributed by atoms with E-state index in [1.165, 1.54) is 30.5 Å². The molecule has 0 unspecified atom stereocenters. The predicted octanol–water partition coefficient (Wildman–Crippen LogP) is 2.34. The number of nitro groups is 1. The standard InChI is InChI=1S/C16H13N5O4S/c1-9(22)15(10(2)23)26-16-18-17-14-7-6-13(19-20(14)16)11-4-3-5-12(8-11)21(24)25/h3-8,15H,1-2H3. The molecule has 0 radical (unpaired) electrons. The molecule has 0 aliphatic rings. The topological polar surface area (TPSA) is 120 Å². The zero-order valence-electron chi connectivity index (χ0n) is 13.8. The molecule has 2 aromatic heterocycles. The highest BCUT2D eigenvalue weighted by Crippen LogP contribution is 2.26. The predicted molar refractivity (Wildman–Crippen MR) is 93.9 cm³/mol. The van der Waals surface area contributed by atoms with Crippen LogP contribution in [-0.4, -0.2) is 41.6 Å². The van der Waals surface area contributed by atoms with Crippen LogP contribution in [0.2, 0.25) is 0 Å². The van der Waals surface area contributed by atoms with Gasteiger partial charge in [0.05, 0.1) is 10.6 Å². The lowest BCUT2D eigenvalue weighted by molar-refractivity contribution is -0.384. The Hall–Kier alpha value is -3.14. The van der Waals surface area contributed by atoms with Crippen LogP contribution in [0.4, 0.5) is 5.69 Å². The molecule has 26 heavy (non-hydrogen) atoms. The van der Waals surface area contributed by atoms with Gasteiger partial charge in [-0.25, -0.2) is 0 Å². The lowest BCUT2D eigenvalue weighted by atomic mass is 10.1. The molecule has 0 bridgehead atoms. The zero-order valence-corrected chi connectivity index (χ0v) is 14.6. The summed E-state index contributed by atoms with van der Waals surface area (Å²) < 4.78 is 1.41. The Balaban J connectivity index is 2.03. The third kappa shape index (κ3) is 3.45. The minimum atomic E-state index is -0.884. The molecule has 9 nitrogen and oxygen atoms in total. The van der Waals surface area contributed by atoms with E-state index in [0.717, 1.165) is 11.8 Å². The molecule has 10 heteroatoms. The Morgan fingerprint density at radius 1 is 1.15 bits per heavy atom. The van der Waals surface area contributed by atoms with E-state index >= 15 is 0 Å². The van der Waals surface area contributed by atoms with Gasteiger partial charge in [0.2, 0.25) is 5.16 Å². The average molecular weight is 371 g/mol. The summed E-state index contributed by atoms with van der Waals surface area (Å²) in [5.74, 6) is -0.567. The van der Waals surface area contributed by atoms with Gasteiger partial charge in [-0.15, -0.1) is 10.2 Å². The normalized spacial score (nSPS) is 11.0. The Bertz CT molecular complexity index is 1020. The van der Waals surface area contributed by atoms with Gasteiger partial charge in [0, 0.05) is 17.7 Å². The molecule has 2 heterocycles. The molecule has 0 fully saturated rings. The minimum absolute atomic E-state index is 0.0454. The third-order valence-corrected chi connectivity index (χ3v) is 4.91. The van der Waals surface area contributed by atoms with Gasteiger partial charge in [-0.05, 0) is 26.0 Å². The lowest BCUT2D eigenvalue weighted by Crippen LogP contribution is -2.22. The number of nitrogens with zero attached hydrogens (tertiary/aromatic N) is 5. The number of ketones is 2. The molecule has 0 saturated carbocycles. The molecule has 0 spiro atoms. The fourth-order valence-corrected chi connectivity index (χ4v) is 3.20. The second-order valence-corrected chi connectivity index (χ2v) is 6.57. The highest BCUT2D eigenvalue weighted by atomic mass is 32.2. The molecular weight excluding hydrogens is 358 g/mol. The largest absolute Gasteiger partial charge is 0.298 e. The smallest absolute Gasteiger partial charge is 0.270 e. The summed E-state index contributed by atoms with van der Waals surface area (Å²) in [6, 6.07) is 9.42. The first-order valence-electron chi connectivity index (χ1n) is 7.51. The number of Topliss-reactive ketones (excluding diaryl/α,β-unsaturated/α-hetero) is 2. The number of hydrogen-bond donors (Lipinski definition) is 0. The number of non-ortho nitro benzene ring substituents is 1. The van der Waals surface area contributed by atoms with Crippen LogP contribution in [0.1, 0.15) is 13.8 Å². The number of hydrogen-bond acceptors (Lipinski definition) is 8. The highest BCUT2D eigenvalue weighted by molar-refractivity contribution is 8.01. The third-order valence-electron chi connectivity index (χ3n) is 3.55. The van der Waals surface area contributed by atoms with Crippen molar-refractivity contribution in [2.24, 2.45) is 0 Å². The van der Waals surface area contributed by atoms with E-state index < -0.39 is 10.2 Å². The summed E-state index contributed by atoms with van der Waals surface area (Å²) in [4.78, 5) is 33.8. The molecular formula is C16H13N5O4S. The monoisotopic (exact) mass is 371 g/mol. The van der Waals surface area contributed by atoms with E-state index in [-0.39, 0.29) is 17.3 Å². The van der Waals surface area contributed by atoms with Crippen molar-refractivity contribution in [3.8, 4) is 11.3 Å². The van der Waals surface area contributed by atoms with E-state index in [0.29, 0.717) is 22.1 Å². The summed E-state index contributed by atoms with van der Waals surface area (Å²) in [5, 5.41) is 22.7. The fourth-order valence-electron chi connectivity index (χ4n) is 2.33. The molecule has 0 saturated heterocycles. The number of fused-ring (bicyclic) bond motifs is 1. The maximum absolute atomic E-state index is 11.7. The summed E-state index contributed by atoms with van der Waals surface area (Å²) in [6.07, 6.45) is 0. The van der Waals surface area contributed by atoms with Crippen molar-refractivity contribution in [1.82, 2.24) is 19.8 Å². The van der Waals surface area contributed by atoms with Gasteiger partial charge in [0.15, 0.2) is 17.2 Å². The quantitative estimate of drug-likeness (QED) is 0.280. The van der Waals surface area contributed by atoms with Crippen molar-refractivity contribution in [2.45, 2.75) is 24.3 Å². The first kappa shape index (κ1) is 17.7. The average Bonchev–Trinajstić information content (AvgIpc) is 3.01. The van der Waals surface area contributed by atoms with Gasteiger partial charge in [-0.3, -0.25) is 19.7 Å². The molecule has 1 aromatic carbocycles. The van der Waals surface area contributed by atoms with Crippen molar-refractivity contribution in [1.29, 1.82) is 0 Å². The van der Waals surface area contributed by atoms with Crippen molar-refractivity contribution in [2.75, 3.05) is 0 Å². The summed E-state index contributed by atoms with van der Waals surface area (Å²) in [7, 11) is 0. The molecule has 3 aromatic rings. The fraction of sp³-hybridized carbons (Fsp3) is 0.188. The van der Waals surface area contributed by atoms with Crippen LogP contribution in [0.3, 0.4) is 0 Å². The van der Waals surface area contributed by atoms with E-state index in [1.807, 2.05) is 0 Å². The molecule has 0 amide bonds. The number of thioether (sulfide) groups is 1. The Kier molecular flexibility index (Phi) is 4.76. The molecule has 0 N–H and O–H groups in total. The molecule has 3 rings (SSSR count). The van der Waals surface area contributed by atoms with Gasteiger partial charge < -0.3 is 0 Å². The number of rotatable bonds is 6. The first-order valence-corrected chi connectivity index (χ1v) is 8.39. The van der Waals surface area contributed by atoms with Crippen molar-refractivity contribution in [3.05, 3.63) is 46.5 Å². The van der Waals surface area contributed by atoms with Gasteiger partial charge in [0.1, 0.15) is 5.25 Å². The second-order valence-electron chi connectivity index (χ2n) is 5.50. The maximum atomic E-state index is 11.7. The van der Waals surface area contributed by atoms with E-state index in [4.69, 9.17) is 0 Å². The summed E-state index contributed by atoms with van der Waals surface area (Å²) in [5.41, 5.74) is 1.42. The van der Waals surface area contributed by atoms with Crippen LogP contribution in [0.25, 0.3) is 16.9 Å². The van der Waals surface area contributed by atoms with Crippen molar-refractivity contribution >= 4 is 34.7 Å². The van der Waals surface area contributed by atoms with Crippen LogP contribution in [-0.2, 0) is 9.59 Å². The maximum Gasteiger partial charge on any atom is 0.270 e. The van der Waals surface area contributed by atoms with Crippen LogP contribution in [0.15, 0.2) is 41.6 Å². The van der Waals surface area contributed by atoms with Crippen LogP contribution in [0.5, 0.6) is 0 Å². The number of carbonyl (C=O) groups excluding carboxylic acids is 2. The number of carbonyl (C=O) groups is 2. The Labute approximate surface area is 151 Å². The van der Waals surface area contributed by atoms with Gasteiger partial charge in [-0.2, -0.15) is 9.61 Å². The minimum Gasteiger partial charge on any atom is -0.298 e. The van der Waals surface area contributed by atoms with Gasteiger partial charge in [-0.1, -0.05) is 23.9 Å². The van der Waals surface area contributed by atoms with Crippen LogP contribution in [0, 0.1) is 10.1 Å². The van der Waals surface area contributed by atoms with E-state index in [1.54, 1.807) is 24.3 Å². The molecule has 132 valence electrons. The molecule has 0 atom stereocenters. The van der Waals surface area contributed by atoms with Crippen molar-refractivity contribution in [3.63, 3.8) is 0 Å². The number of nitro benzene ring substituents is 1. The molecule has 0 aliphatic carbocycles. The number of aromatic nitrogens is 4. The van der Waals surface area contributed by atoms with Gasteiger partial charge in [0.25, 0.3) is 5.69 Å². The van der Waals surface area contributed by atoms with Crippen LogP contribution >= 0.6 is 11.8 Å². The zero-order chi connectivity index (χ0) is 18.8. The highest BCUT2D eigenvalue weighted by Gasteiger charge is 2.24.